The Balaban J connectivity index is 1.94. The summed E-state index contributed by atoms with van der Waals surface area (Å²) in [5, 5.41) is 0. The van der Waals surface area contributed by atoms with E-state index in [0.717, 1.165) is 9.54 Å². The van der Waals surface area contributed by atoms with Gasteiger partial charge in [-0.2, -0.15) is 0 Å². The molecule has 0 saturated carbocycles. The number of hydrogen-bond donors (Lipinski definition) is 0. The van der Waals surface area contributed by atoms with E-state index in [1.165, 1.54) is 25.4 Å². The van der Waals surface area contributed by atoms with E-state index in [9.17, 15) is 13.2 Å². The fourth-order valence-electron chi connectivity index (χ4n) is 3.48. The predicted octanol–water partition coefficient (Wildman–Crippen LogP) is 2.67. The van der Waals surface area contributed by atoms with E-state index >= 15 is 0 Å². The van der Waals surface area contributed by atoms with Crippen molar-refractivity contribution in [2.75, 3.05) is 7.11 Å². The number of aryl methyl sites for hydroxylation is 1. The van der Waals surface area contributed by atoms with Crippen molar-refractivity contribution in [3.63, 3.8) is 0 Å². The Morgan fingerprint density at radius 3 is 2.19 bits per heavy atom. The van der Waals surface area contributed by atoms with Gasteiger partial charge in [0.1, 0.15) is 5.69 Å². The van der Waals surface area contributed by atoms with Crippen LogP contribution in [0.15, 0.2) is 47.5 Å². The topological polar surface area (TPSA) is 96.7 Å². The highest BCUT2D eigenvalue weighted by atomic mass is 32.2. The number of nitrogens with zero attached hydrogens (tertiary/aromatic N) is 2. The first kappa shape index (κ1) is 22.5. The van der Waals surface area contributed by atoms with Crippen LogP contribution in [0.1, 0.15) is 43.7 Å². The van der Waals surface area contributed by atoms with Crippen LogP contribution in [0.5, 0.6) is 0 Å². The van der Waals surface area contributed by atoms with Crippen LogP contribution in [0, 0.1) is 6.92 Å². The number of esters is 1. The molecule has 0 aliphatic carbocycles. The molecule has 0 amide bonds. The summed E-state index contributed by atoms with van der Waals surface area (Å²) in [4.78, 5) is 16.6. The van der Waals surface area contributed by atoms with Gasteiger partial charge in [-0.3, -0.25) is 0 Å². The predicted molar refractivity (Wildman–Crippen MR) is 121 cm³/mol. The minimum Gasteiger partial charge on any atom is -0.464 e. The first-order valence-corrected chi connectivity index (χ1v) is 11.6. The van der Waals surface area contributed by atoms with Crippen molar-refractivity contribution in [3.05, 3.63) is 53.9 Å². The van der Waals surface area contributed by atoms with Crippen LogP contribution >= 0.6 is 0 Å². The Kier molecular flexibility index (Phi) is 5.23. The number of rotatable bonds is 4. The molecule has 1 saturated heterocycles. The highest BCUT2D eigenvalue weighted by Crippen LogP contribution is 2.37. The average Bonchev–Trinajstić information content (AvgIpc) is 3.21. The molecule has 0 atom stereocenters. The fraction of sp³-hybridized carbons (Fsp3) is 0.364. The first-order chi connectivity index (χ1) is 14.9. The molecule has 4 rings (SSSR count). The number of aromatic nitrogens is 2. The largest absolute Gasteiger partial charge is 0.498 e. The highest BCUT2D eigenvalue weighted by Gasteiger charge is 2.53. The van der Waals surface area contributed by atoms with E-state index in [0.29, 0.717) is 16.5 Å². The summed E-state index contributed by atoms with van der Waals surface area (Å²) >= 11 is 0. The lowest BCUT2D eigenvalue weighted by atomic mass is 9.80. The van der Waals surface area contributed by atoms with Crippen molar-refractivity contribution in [1.82, 2.24) is 8.96 Å². The van der Waals surface area contributed by atoms with Gasteiger partial charge in [0.25, 0.3) is 10.0 Å². The van der Waals surface area contributed by atoms with Gasteiger partial charge in [0.15, 0.2) is 0 Å². The van der Waals surface area contributed by atoms with Crippen LogP contribution < -0.4 is 5.46 Å². The van der Waals surface area contributed by atoms with E-state index in [4.69, 9.17) is 14.0 Å². The van der Waals surface area contributed by atoms with Crippen LogP contribution in [-0.4, -0.2) is 48.8 Å². The number of hydrogen-bond acceptors (Lipinski definition) is 7. The summed E-state index contributed by atoms with van der Waals surface area (Å²) in [7, 11) is -3.54. The van der Waals surface area contributed by atoms with Crippen LogP contribution in [0.2, 0.25) is 0 Å². The third-order valence-corrected chi connectivity index (χ3v) is 7.81. The third-order valence-electron chi connectivity index (χ3n) is 6.12. The van der Waals surface area contributed by atoms with Gasteiger partial charge in [-0.15, -0.1) is 0 Å². The zero-order valence-corrected chi connectivity index (χ0v) is 19.7. The highest BCUT2D eigenvalue weighted by molar-refractivity contribution is 7.90. The number of carbonyl (C=O) groups is 1. The maximum atomic E-state index is 13.5. The molecule has 8 nitrogen and oxygen atoms in total. The van der Waals surface area contributed by atoms with Crippen molar-refractivity contribution in [3.8, 4) is 0 Å². The lowest BCUT2D eigenvalue weighted by molar-refractivity contribution is 0.00578. The molecule has 0 spiro atoms. The van der Waals surface area contributed by atoms with Crippen molar-refractivity contribution in [2.24, 2.45) is 0 Å². The second-order valence-electron chi connectivity index (χ2n) is 8.84. The summed E-state index contributed by atoms with van der Waals surface area (Å²) in [6.07, 6.45) is 1.45. The third kappa shape index (κ3) is 3.52. The van der Waals surface area contributed by atoms with Gasteiger partial charge in [0.2, 0.25) is 0 Å². The zero-order chi connectivity index (χ0) is 23.5. The molecule has 3 aromatic rings. The molecule has 1 fully saturated rings. The normalized spacial score (nSPS) is 17.6. The van der Waals surface area contributed by atoms with Gasteiger partial charge in [0.05, 0.1) is 34.2 Å². The van der Waals surface area contributed by atoms with Gasteiger partial charge in [-0.05, 0) is 58.9 Å². The van der Waals surface area contributed by atoms with E-state index < -0.39 is 34.3 Å². The van der Waals surface area contributed by atoms with Gasteiger partial charge in [-0.25, -0.2) is 22.2 Å². The Morgan fingerprint density at radius 1 is 1.03 bits per heavy atom. The first-order valence-electron chi connectivity index (χ1n) is 10.2. The molecule has 0 N–H and O–H groups in total. The molecule has 2 aromatic heterocycles. The molecule has 32 heavy (non-hydrogen) atoms. The summed E-state index contributed by atoms with van der Waals surface area (Å²) in [5.41, 5.74) is 0.751. The molecule has 3 heterocycles. The van der Waals surface area contributed by atoms with Crippen LogP contribution in [0.4, 0.5) is 0 Å². The number of carbonyl (C=O) groups excluding carboxylic acids is 1. The Morgan fingerprint density at radius 2 is 1.62 bits per heavy atom. The number of benzene rings is 1. The lowest BCUT2D eigenvalue weighted by Crippen LogP contribution is -2.41. The van der Waals surface area contributed by atoms with Gasteiger partial charge >= 0.3 is 13.1 Å². The lowest BCUT2D eigenvalue weighted by Gasteiger charge is -2.32. The van der Waals surface area contributed by atoms with E-state index in [1.807, 2.05) is 34.6 Å². The van der Waals surface area contributed by atoms with Crippen molar-refractivity contribution >= 4 is 39.6 Å². The average molecular weight is 456 g/mol. The summed E-state index contributed by atoms with van der Waals surface area (Å²) in [6, 6.07) is 9.56. The maximum Gasteiger partial charge on any atom is 0.498 e. The van der Waals surface area contributed by atoms with Crippen LogP contribution in [0.25, 0.3) is 11.0 Å². The van der Waals surface area contributed by atoms with Crippen LogP contribution in [-0.2, 0) is 24.1 Å². The minimum absolute atomic E-state index is 0.0586. The molecule has 10 heteroatoms. The Bertz CT molecular complexity index is 1300. The number of fused-ring (bicyclic) bond motifs is 1. The molecule has 1 aliphatic rings. The molecular formula is C22H25BN2O6S. The smallest absolute Gasteiger partial charge is 0.464 e. The second-order valence-corrected chi connectivity index (χ2v) is 10.7. The fourth-order valence-corrected chi connectivity index (χ4v) is 4.85. The molecule has 1 aliphatic heterocycles. The van der Waals surface area contributed by atoms with Crippen molar-refractivity contribution in [2.45, 2.75) is 50.7 Å². The van der Waals surface area contributed by atoms with E-state index in [1.54, 1.807) is 24.3 Å². The Labute approximate surface area is 187 Å². The monoisotopic (exact) mass is 456 g/mol. The zero-order valence-electron chi connectivity index (χ0n) is 18.9. The molecule has 168 valence electrons. The van der Waals surface area contributed by atoms with Gasteiger partial charge in [-0.1, -0.05) is 17.7 Å². The minimum atomic E-state index is -3.94. The Hall–Kier alpha value is -2.69. The number of pyridine rings is 1. The standard InChI is InChI=1S/C22H25BN2O6S/c1-14-7-9-15(10-8-14)32(27,28)25-13-16(23-30-21(2,3)22(4,5)31-23)19-18(25)12-11-17(24-19)20(26)29-6/h7-13H,1-6H3. The summed E-state index contributed by atoms with van der Waals surface area (Å²) in [6.45, 7) is 9.51. The SMILES string of the molecule is COC(=O)c1ccc2c(n1)c(B1OC(C)(C)C(C)(C)O1)cn2S(=O)(=O)c1ccc(C)cc1. The van der Waals surface area contributed by atoms with Crippen LogP contribution in [0.3, 0.4) is 0 Å². The molecule has 0 unspecified atom stereocenters. The van der Waals surface area contributed by atoms with Gasteiger partial charge in [0, 0.05) is 11.7 Å². The van der Waals surface area contributed by atoms with Gasteiger partial charge < -0.3 is 14.0 Å². The van der Waals surface area contributed by atoms with E-state index in [-0.39, 0.29) is 10.6 Å². The van der Waals surface area contributed by atoms with Crippen molar-refractivity contribution < 1.29 is 27.3 Å². The maximum absolute atomic E-state index is 13.5. The summed E-state index contributed by atoms with van der Waals surface area (Å²) < 4.78 is 45.2. The molecular weight excluding hydrogens is 431 g/mol. The quantitative estimate of drug-likeness (QED) is 0.440. The molecule has 0 radical (unpaired) electrons. The number of ether oxygens (including phenoxy) is 1. The second kappa shape index (κ2) is 7.43. The molecule has 1 aromatic carbocycles. The number of methoxy groups -OCH3 is 1. The van der Waals surface area contributed by atoms with Crippen molar-refractivity contribution in [1.29, 1.82) is 0 Å². The summed E-state index contributed by atoms with van der Waals surface area (Å²) in [5.74, 6) is -0.624. The van der Waals surface area contributed by atoms with E-state index in [2.05, 4.69) is 4.98 Å². The molecule has 0 bridgehead atoms.